The number of halogens is 2. The highest BCUT2D eigenvalue weighted by Crippen LogP contribution is 2.31. The third-order valence-electron chi connectivity index (χ3n) is 4.62. The quantitative estimate of drug-likeness (QED) is 0.397. The predicted octanol–water partition coefficient (Wildman–Crippen LogP) is 3.92. The summed E-state index contributed by atoms with van der Waals surface area (Å²) in [5, 5.41) is 6.09. The molecule has 1 aliphatic heterocycles. The molecule has 3 aromatic rings. The van der Waals surface area contributed by atoms with E-state index >= 15 is 0 Å². The number of amides is 2. The molecular formula is C21H16ClFN4O3S. The van der Waals surface area contributed by atoms with Gasteiger partial charge in [-0.25, -0.2) is 9.37 Å². The molecule has 0 aliphatic carbocycles. The Morgan fingerprint density at radius 2 is 2.00 bits per heavy atom. The molecule has 3 N–H and O–H groups in total. The predicted molar refractivity (Wildman–Crippen MR) is 117 cm³/mol. The fourth-order valence-corrected chi connectivity index (χ4v) is 4.20. The second kappa shape index (κ2) is 8.91. The van der Waals surface area contributed by atoms with Crippen molar-refractivity contribution >= 4 is 46.7 Å². The zero-order valence-corrected chi connectivity index (χ0v) is 17.5. The van der Waals surface area contributed by atoms with Crippen molar-refractivity contribution in [1.29, 1.82) is 0 Å². The Balaban J connectivity index is 1.57. The number of carbonyl (C=O) groups is 2. The number of rotatable bonds is 5. The van der Waals surface area contributed by atoms with Crippen LogP contribution in [0.25, 0.3) is 0 Å². The van der Waals surface area contributed by atoms with E-state index in [0.29, 0.717) is 21.6 Å². The molecule has 2 amide bonds. The molecule has 0 unspecified atom stereocenters. The smallest absolute Gasteiger partial charge is 0.257 e. The van der Waals surface area contributed by atoms with Crippen molar-refractivity contribution in [2.45, 2.75) is 23.2 Å². The van der Waals surface area contributed by atoms with Crippen LogP contribution in [0, 0.1) is 5.82 Å². The number of anilines is 2. The SMILES string of the molecule is O=C1C[C@H](C(=O)Nc2ccc(F)cc2)c2c(nc(SCc3cccc(Cl)c3)[nH]c2=O)N1. The van der Waals surface area contributed by atoms with Crippen LogP contribution >= 0.6 is 23.4 Å². The first-order valence-electron chi connectivity index (χ1n) is 9.27. The van der Waals surface area contributed by atoms with E-state index in [1.165, 1.54) is 36.0 Å². The molecule has 0 saturated carbocycles. The second-order valence-electron chi connectivity index (χ2n) is 6.85. The molecule has 2 aromatic carbocycles. The molecular weight excluding hydrogens is 443 g/mol. The van der Waals surface area contributed by atoms with Crippen LogP contribution in [0.5, 0.6) is 0 Å². The van der Waals surface area contributed by atoms with Gasteiger partial charge in [0.2, 0.25) is 11.8 Å². The van der Waals surface area contributed by atoms with Crippen LogP contribution in [-0.4, -0.2) is 21.8 Å². The van der Waals surface area contributed by atoms with E-state index in [-0.39, 0.29) is 17.8 Å². The fraction of sp³-hybridized carbons (Fsp3) is 0.143. The molecule has 0 spiro atoms. The molecule has 4 rings (SSSR count). The number of aromatic nitrogens is 2. The lowest BCUT2D eigenvalue weighted by atomic mass is 9.92. The number of aromatic amines is 1. The Morgan fingerprint density at radius 1 is 1.23 bits per heavy atom. The number of hydrogen-bond acceptors (Lipinski definition) is 5. The van der Waals surface area contributed by atoms with Crippen LogP contribution in [0.3, 0.4) is 0 Å². The lowest BCUT2D eigenvalue weighted by Crippen LogP contribution is -2.36. The molecule has 31 heavy (non-hydrogen) atoms. The number of fused-ring (bicyclic) bond motifs is 1. The maximum absolute atomic E-state index is 13.1. The second-order valence-corrected chi connectivity index (χ2v) is 8.25. The highest BCUT2D eigenvalue weighted by Gasteiger charge is 2.34. The monoisotopic (exact) mass is 458 g/mol. The molecule has 1 aromatic heterocycles. The molecule has 1 atom stereocenters. The van der Waals surface area contributed by atoms with Crippen LogP contribution in [0.1, 0.15) is 23.5 Å². The zero-order chi connectivity index (χ0) is 22.0. The molecule has 158 valence electrons. The number of hydrogen-bond donors (Lipinski definition) is 3. The fourth-order valence-electron chi connectivity index (χ4n) is 3.18. The Kier molecular flexibility index (Phi) is 6.06. The summed E-state index contributed by atoms with van der Waals surface area (Å²) >= 11 is 7.26. The number of nitrogens with one attached hydrogen (secondary N) is 3. The molecule has 1 aliphatic rings. The Morgan fingerprint density at radius 3 is 2.74 bits per heavy atom. The summed E-state index contributed by atoms with van der Waals surface area (Å²) in [7, 11) is 0. The molecule has 2 heterocycles. The van der Waals surface area contributed by atoms with E-state index in [1.807, 2.05) is 18.2 Å². The third kappa shape index (κ3) is 4.95. The first-order valence-corrected chi connectivity index (χ1v) is 10.6. The lowest BCUT2D eigenvalue weighted by Gasteiger charge is -2.23. The molecule has 0 saturated heterocycles. The van der Waals surface area contributed by atoms with Crippen molar-refractivity contribution in [2.75, 3.05) is 10.6 Å². The van der Waals surface area contributed by atoms with E-state index in [9.17, 15) is 18.8 Å². The van der Waals surface area contributed by atoms with Crippen LogP contribution in [-0.2, 0) is 15.3 Å². The average Bonchev–Trinajstić information content (AvgIpc) is 2.73. The van der Waals surface area contributed by atoms with Crippen LogP contribution in [0.15, 0.2) is 58.5 Å². The van der Waals surface area contributed by atoms with Gasteiger partial charge in [-0.05, 0) is 42.0 Å². The van der Waals surface area contributed by atoms with Gasteiger partial charge in [0.15, 0.2) is 5.16 Å². The number of H-pyrrole nitrogens is 1. The Bertz CT molecular complexity index is 1220. The van der Waals surface area contributed by atoms with Gasteiger partial charge in [0, 0.05) is 22.9 Å². The third-order valence-corrected chi connectivity index (χ3v) is 5.80. The molecule has 10 heteroatoms. The van der Waals surface area contributed by atoms with E-state index in [2.05, 4.69) is 20.6 Å². The van der Waals surface area contributed by atoms with E-state index < -0.39 is 29.1 Å². The van der Waals surface area contributed by atoms with Crippen molar-refractivity contribution < 1.29 is 14.0 Å². The molecule has 0 bridgehead atoms. The minimum absolute atomic E-state index is 0.0628. The van der Waals surface area contributed by atoms with Gasteiger partial charge in [-0.2, -0.15) is 0 Å². The van der Waals surface area contributed by atoms with Gasteiger partial charge < -0.3 is 15.6 Å². The molecule has 7 nitrogen and oxygen atoms in total. The number of thioether (sulfide) groups is 1. The van der Waals surface area contributed by atoms with Gasteiger partial charge in [0.1, 0.15) is 11.6 Å². The summed E-state index contributed by atoms with van der Waals surface area (Å²) in [6.07, 6.45) is -0.195. The first kappa shape index (κ1) is 21.1. The summed E-state index contributed by atoms with van der Waals surface area (Å²) in [4.78, 5) is 44.7. The van der Waals surface area contributed by atoms with Gasteiger partial charge in [-0.3, -0.25) is 14.4 Å². The van der Waals surface area contributed by atoms with Crippen molar-refractivity contribution in [3.05, 3.63) is 80.9 Å². The van der Waals surface area contributed by atoms with Gasteiger partial charge in [-0.15, -0.1) is 0 Å². The number of nitrogens with zero attached hydrogens (tertiary/aromatic N) is 1. The molecule has 0 radical (unpaired) electrons. The Hall–Kier alpha value is -3.17. The first-order chi connectivity index (χ1) is 14.9. The van der Waals surface area contributed by atoms with Gasteiger partial charge in [0.25, 0.3) is 5.56 Å². The maximum Gasteiger partial charge on any atom is 0.257 e. The van der Waals surface area contributed by atoms with E-state index in [4.69, 9.17) is 11.6 Å². The standard InChI is InChI=1S/C21H16ClFN4O3S/c22-12-3-1-2-11(8-12)10-31-21-26-18-17(20(30)27-21)15(9-16(28)25-18)19(29)24-14-6-4-13(23)5-7-14/h1-8,15H,9-10H2,(H,24,29)(H2,25,26,27,28,30)/t15-/m0/s1. The minimum atomic E-state index is -1.02. The summed E-state index contributed by atoms with van der Waals surface area (Å²) in [6.45, 7) is 0. The van der Waals surface area contributed by atoms with Crippen molar-refractivity contribution in [1.82, 2.24) is 9.97 Å². The summed E-state index contributed by atoms with van der Waals surface area (Å²) in [6, 6.07) is 12.5. The van der Waals surface area contributed by atoms with Crippen molar-refractivity contribution in [3.8, 4) is 0 Å². The topological polar surface area (TPSA) is 104 Å². The normalized spacial score (nSPS) is 15.2. The minimum Gasteiger partial charge on any atom is -0.326 e. The summed E-state index contributed by atoms with van der Waals surface area (Å²) < 4.78 is 13.1. The number of benzene rings is 2. The average molecular weight is 459 g/mol. The van der Waals surface area contributed by atoms with Gasteiger partial charge in [0.05, 0.1) is 11.5 Å². The summed E-state index contributed by atoms with van der Waals surface area (Å²) in [5.74, 6) is -1.86. The van der Waals surface area contributed by atoms with E-state index in [0.717, 1.165) is 5.56 Å². The zero-order valence-electron chi connectivity index (χ0n) is 15.9. The van der Waals surface area contributed by atoms with E-state index in [1.54, 1.807) is 6.07 Å². The van der Waals surface area contributed by atoms with Crippen molar-refractivity contribution in [2.24, 2.45) is 0 Å². The Labute approximate surface area is 185 Å². The highest BCUT2D eigenvalue weighted by atomic mass is 35.5. The summed E-state index contributed by atoms with van der Waals surface area (Å²) in [5.41, 5.74) is 0.889. The lowest BCUT2D eigenvalue weighted by molar-refractivity contribution is -0.123. The number of carbonyl (C=O) groups excluding carboxylic acids is 2. The van der Waals surface area contributed by atoms with Crippen LogP contribution in [0.2, 0.25) is 5.02 Å². The van der Waals surface area contributed by atoms with Gasteiger partial charge >= 0.3 is 0 Å². The van der Waals surface area contributed by atoms with Crippen LogP contribution < -0.4 is 16.2 Å². The highest BCUT2D eigenvalue weighted by molar-refractivity contribution is 7.98. The van der Waals surface area contributed by atoms with Crippen molar-refractivity contribution in [3.63, 3.8) is 0 Å². The van der Waals surface area contributed by atoms with Gasteiger partial charge in [-0.1, -0.05) is 35.5 Å². The maximum atomic E-state index is 13.1. The van der Waals surface area contributed by atoms with Crippen LogP contribution in [0.4, 0.5) is 15.9 Å². The largest absolute Gasteiger partial charge is 0.326 e. The molecule has 0 fully saturated rings.